The number of hydrogen-bond acceptors (Lipinski definition) is 5. The first-order chi connectivity index (χ1) is 17.9. The first kappa shape index (κ1) is 30.1. The molecule has 0 saturated carbocycles. The van der Waals surface area contributed by atoms with Gasteiger partial charge in [0.1, 0.15) is 18.0 Å². The smallest absolute Gasteiger partial charge is 0.501 e. The van der Waals surface area contributed by atoms with Crippen LogP contribution in [0, 0.1) is 6.07 Å². The zero-order chi connectivity index (χ0) is 27.0. The number of ketones is 1. The number of hydrogen-bond donors (Lipinski definition) is 1. The maximum atomic E-state index is 13.5. The van der Waals surface area contributed by atoms with Crippen molar-refractivity contribution >= 4 is 13.1 Å². The molecular weight excluding hydrogens is 465 g/mol. The zero-order valence-electron chi connectivity index (χ0n) is 22.5. The van der Waals surface area contributed by atoms with Crippen molar-refractivity contribution in [2.75, 3.05) is 27.2 Å². The summed E-state index contributed by atoms with van der Waals surface area (Å²) >= 11 is 0. The third kappa shape index (κ3) is 9.36. The highest BCUT2D eigenvalue weighted by molar-refractivity contribution is 6.39. The van der Waals surface area contributed by atoms with Crippen LogP contribution in [0.3, 0.4) is 0 Å². The quantitative estimate of drug-likeness (QED) is 0.134. The Morgan fingerprint density at radius 2 is 1.38 bits per heavy atom. The van der Waals surface area contributed by atoms with E-state index in [1.54, 1.807) is 0 Å². The molecule has 1 unspecified atom stereocenters. The number of carbonyl (C=O) groups excluding carboxylic acids is 1. The summed E-state index contributed by atoms with van der Waals surface area (Å²) in [5, 5.41) is 9.70. The summed E-state index contributed by atoms with van der Waals surface area (Å²) < 4.78 is 18.8. The Bertz CT molecular complexity index is 936. The summed E-state index contributed by atoms with van der Waals surface area (Å²) in [6.07, 6.45) is 2.28. The van der Waals surface area contributed by atoms with E-state index in [1.807, 2.05) is 119 Å². The van der Waals surface area contributed by atoms with E-state index >= 15 is 0 Å². The van der Waals surface area contributed by atoms with Gasteiger partial charge in [0.15, 0.2) is 0 Å². The van der Waals surface area contributed by atoms with Crippen molar-refractivity contribution < 1.29 is 28.3 Å². The Morgan fingerprint density at radius 1 is 0.865 bits per heavy atom. The number of quaternary nitrogens is 1. The number of para-hydroxylation sites is 2. The number of nitrogens with zero attached hydrogens (tertiary/aromatic N) is 1. The minimum absolute atomic E-state index is 0.0198. The van der Waals surface area contributed by atoms with Gasteiger partial charge in [0, 0.05) is 12.8 Å². The van der Waals surface area contributed by atoms with Gasteiger partial charge in [-0.3, -0.25) is 9.28 Å². The van der Waals surface area contributed by atoms with Gasteiger partial charge in [-0.2, -0.15) is 36.4 Å². The highest BCUT2D eigenvalue weighted by atomic mass is 16.7. The molecule has 0 radical (unpaired) electrons. The van der Waals surface area contributed by atoms with E-state index in [4.69, 9.17) is 14.0 Å². The van der Waals surface area contributed by atoms with Crippen LogP contribution in [0.15, 0.2) is 91.0 Å². The van der Waals surface area contributed by atoms with Gasteiger partial charge in [-0.1, -0.05) is 50.2 Å². The highest BCUT2D eigenvalue weighted by Gasteiger charge is 2.56. The molecule has 3 aromatic rings. The van der Waals surface area contributed by atoms with Crippen LogP contribution in [0.1, 0.15) is 39.5 Å². The van der Waals surface area contributed by atoms with Crippen LogP contribution < -0.4 is 9.31 Å². The lowest BCUT2D eigenvalue weighted by Crippen LogP contribution is -2.68. The van der Waals surface area contributed by atoms with E-state index in [2.05, 4.69) is 6.07 Å². The van der Waals surface area contributed by atoms with Gasteiger partial charge in [0.2, 0.25) is 5.78 Å². The molecule has 0 amide bonds. The molecule has 0 heterocycles. The minimum atomic E-state index is -1.22. The maximum absolute atomic E-state index is 13.5. The number of carbonyl (C=O) groups is 1. The Labute approximate surface area is 222 Å². The summed E-state index contributed by atoms with van der Waals surface area (Å²) in [5.74, 6) is 1.13. The molecule has 7 heteroatoms. The summed E-state index contributed by atoms with van der Waals surface area (Å²) in [6.45, 7) is 4.28. The molecule has 0 bridgehead atoms. The molecule has 3 aromatic carbocycles. The molecule has 0 aromatic heterocycles. The Balaban J connectivity index is 0.000000700. The third-order valence-corrected chi connectivity index (χ3v) is 5.99. The predicted molar refractivity (Wildman–Crippen MR) is 148 cm³/mol. The highest BCUT2D eigenvalue weighted by Crippen LogP contribution is 2.33. The third-order valence-electron chi connectivity index (χ3n) is 5.99. The predicted octanol–water partition coefficient (Wildman–Crippen LogP) is 5.57. The van der Waals surface area contributed by atoms with Crippen LogP contribution in [0.25, 0.3) is 0 Å². The number of likely N-dealkylation sites (N-methyl/N-ethyl adjacent to an activating group) is 1. The van der Waals surface area contributed by atoms with E-state index in [1.165, 1.54) is 0 Å². The van der Waals surface area contributed by atoms with E-state index < -0.39 is 13.0 Å². The van der Waals surface area contributed by atoms with Crippen LogP contribution in [0.2, 0.25) is 0 Å². The fourth-order valence-corrected chi connectivity index (χ4v) is 4.03. The molecule has 1 atom stereocenters. The molecule has 37 heavy (non-hydrogen) atoms. The van der Waals surface area contributed by atoms with E-state index in [9.17, 15) is 9.90 Å². The first-order valence-electron chi connectivity index (χ1n) is 12.9. The topological polar surface area (TPSA) is 65.0 Å². The average molecular weight is 505 g/mol. The van der Waals surface area contributed by atoms with Crippen molar-refractivity contribution in [3.05, 3.63) is 97.1 Å². The van der Waals surface area contributed by atoms with Crippen molar-refractivity contribution in [2.45, 2.75) is 45.3 Å². The number of aliphatic hydroxyl groups is 1. The fourth-order valence-electron chi connectivity index (χ4n) is 4.03. The van der Waals surface area contributed by atoms with Gasteiger partial charge in [0.25, 0.3) is 5.72 Å². The number of rotatable bonds is 14. The van der Waals surface area contributed by atoms with Crippen molar-refractivity contribution in [3.63, 3.8) is 0 Å². The standard InChI is InChI=1S/C24H35BNO5.C6H5/c1-5-13-23(28)24(18-6-2,26(3,4)19-20-27)31-25(29-21-14-9-7-10-15-21)30-22-16-11-8-12-17-22;1-2-4-6-5-3-1/h7-12,14-17,27H,5-6,13,18-20H2,1-4H3;1-5H/q+1;-1. The summed E-state index contributed by atoms with van der Waals surface area (Å²) in [4.78, 5) is 13.5. The SMILES string of the molecule is CCCC(=O)C(CCC)(OB(Oc1ccccc1)Oc1ccccc1)[N+](C)(C)CCO.[c-]1ccccc1. The molecule has 6 nitrogen and oxygen atoms in total. The molecule has 0 fully saturated rings. The molecular formula is C30H40BNO5. The van der Waals surface area contributed by atoms with Gasteiger partial charge in [0.05, 0.1) is 20.7 Å². The molecule has 1 N–H and O–H groups in total. The molecule has 0 spiro atoms. The van der Waals surface area contributed by atoms with Gasteiger partial charge in [-0.25, -0.2) is 0 Å². The van der Waals surface area contributed by atoms with E-state index in [-0.39, 0.29) is 16.9 Å². The normalized spacial score (nSPS) is 12.5. The second-order valence-corrected chi connectivity index (χ2v) is 9.19. The van der Waals surface area contributed by atoms with Crippen LogP contribution in [0.5, 0.6) is 11.5 Å². The first-order valence-corrected chi connectivity index (χ1v) is 12.9. The van der Waals surface area contributed by atoms with Crippen LogP contribution in [-0.4, -0.2) is 55.7 Å². The van der Waals surface area contributed by atoms with Crippen molar-refractivity contribution in [1.29, 1.82) is 0 Å². The molecule has 198 valence electrons. The van der Waals surface area contributed by atoms with Gasteiger partial charge < -0.3 is 19.1 Å². The molecule has 3 rings (SSSR count). The largest absolute Gasteiger partial charge is 0.792 e. The van der Waals surface area contributed by atoms with Crippen molar-refractivity contribution in [3.8, 4) is 11.5 Å². The van der Waals surface area contributed by atoms with E-state index in [0.717, 1.165) is 6.42 Å². The Kier molecular flexibility index (Phi) is 12.9. The van der Waals surface area contributed by atoms with Gasteiger partial charge in [-0.15, -0.1) is 0 Å². The zero-order valence-corrected chi connectivity index (χ0v) is 22.5. The lowest BCUT2D eigenvalue weighted by Gasteiger charge is -2.47. The number of aliphatic hydroxyl groups excluding tert-OH is 1. The summed E-state index contributed by atoms with van der Waals surface area (Å²) in [5.41, 5.74) is -1.22. The van der Waals surface area contributed by atoms with Crippen LogP contribution >= 0.6 is 0 Å². The second-order valence-electron chi connectivity index (χ2n) is 9.19. The lowest BCUT2D eigenvalue weighted by molar-refractivity contribution is -0.953. The van der Waals surface area contributed by atoms with Crippen molar-refractivity contribution in [2.24, 2.45) is 0 Å². The number of Topliss-reactive ketones (excluding diaryl/α,β-unsaturated/α-hetero) is 1. The van der Waals surface area contributed by atoms with Crippen molar-refractivity contribution in [1.82, 2.24) is 0 Å². The van der Waals surface area contributed by atoms with Gasteiger partial charge >= 0.3 is 7.32 Å². The molecule has 0 aliphatic carbocycles. The summed E-state index contributed by atoms with van der Waals surface area (Å²) in [6, 6.07) is 31.0. The van der Waals surface area contributed by atoms with Crippen LogP contribution in [-0.2, 0) is 9.45 Å². The lowest BCUT2D eigenvalue weighted by atomic mass is 9.93. The Hall–Kier alpha value is -3.13. The summed E-state index contributed by atoms with van der Waals surface area (Å²) in [7, 11) is 2.66. The second kappa shape index (κ2) is 15.9. The maximum Gasteiger partial charge on any atom is 0.792 e. The monoisotopic (exact) mass is 505 g/mol. The fraction of sp³-hybridized carbons (Fsp3) is 0.367. The average Bonchev–Trinajstić information content (AvgIpc) is 2.91. The van der Waals surface area contributed by atoms with E-state index in [0.29, 0.717) is 37.3 Å². The number of benzene rings is 3. The Morgan fingerprint density at radius 3 is 1.76 bits per heavy atom. The molecule has 0 saturated heterocycles. The van der Waals surface area contributed by atoms with Crippen LogP contribution in [0.4, 0.5) is 0 Å². The minimum Gasteiger partial charge on any atom is -0.501 e. The van der Waals surface area contributed by atoms with Gasteiger partial charge in [-0.05, 0) is 37.1 Å². The molecule has 0 aliphatic rings. The molecule has 0 aliphatic heterocycles.